The van der Waals surface area contributed by atoms with Gasteiger partial charge in [-0.05, 0) is 45.1 Å². The summed E-state index contributed by atoms with van der Waals surface area (Å²) in [4.78, 5) is 12.3. The second-order valence-electron chi connectivity index (χ2n) is 6.88. The number of hydrogen-bond acceptors (Lipinski definition) is 5. The highest BCUT2D eigenvalue weighted by Gasteiger charge is 2.20. The summed E-state index contributed by atoms with van der Waals surface area (Å²) in [6, 6.07) is 7.12. The van der Waals surface area contributed by atoms with Crippen LogP contribution in [0.15, 0.2) is 36.7 Å². The summed E-state index contributed by atoms with van der Waals surface area (Å²) >= 11 is 17.8. The maximum absolute atomic E-state index is 12.3. The first-order chi connectivity index (χ1) is 14.8. The molecule has 8 nitrogen and oxygen atoms in total. The highest BCUT2D eigenvalue weighted by atomic mass is 35.5. The number of nitrogens with zero attached hydrogens (tertiary/aromatic N) is 4. The van der Waals surface area contributed by atoms with Crippen molar-refractivity contribution in [3.05, 3.63) is 58.0 Å². The molecule has 2 heterocycles. The molecule has 0 aliphatic rings. The maximum atomic E-state index is 12.3. The molecule has 1 aromatic carbocycles. The van der Waals surface area contributed by atoms with Crippen molar-refractivity contribution in [3.63, 3.8) is 0 Å². The van der Waals surface area contributed by atoms with E-state index in [9.17, 15) is 4.79 Å². The molecule has 0 amide bonds. The Kier molecular flexibility index (Phi) is 7.53. The van der Waals surface area contributed by atoms with Crippen LogP contribution in [0, 0.1) is 0 Å². The Bertz CT molecular complexity index is 1080. The van der Waals surface area contributed by atoms with Crippen LogP contribution in [0.25, 0.3) is 0 Å². The van der Waals surface area contributed by atoms with Crippen LogP contribution < -0.4 is 10.6 Å². The smallest absolute Gasteiger partial charge is 0.361 e. The zero-order valence-corrected chi connectivity index (χ0v) is 19.6. The van der Waals surface area contributed by atoms with Crippen LogP contribution in [0.4, 0.5) is 11.5 Å². The van der Waals surface area contributed by atoms with Crippen LogP contribution in [-0.4, -0.2) is 36.7 Å². The third kappa shape index (κ3) is 5.96. The van der Waals surface area contributed by atoms with Crippen molar-refractivity contribution in [2.75, 3.05) is 10.6 Å². The quantitative estimate of drug-likeness (QED) is 0.369. The highest BCUT2D eigenvalue weighted by Crippen LogP contribution is 2.25. The molecule has 0 bridgehead atoms. The fourth-order valence-corrected chi connectivity index (χ4v) is 3.46. The van der Waals surface area contributed by atoms with Gasteiger partial charge in [-0.15, -0.1) is 0 Å². The molecule has 0 atom stereocenters. The number of carbonyl (C=O) groups excluding carboxylic acids is 1. The van der Waals surface area contributed by atoms with Crippen molar-refractivity contribution in [2.24, 2.45) is 0 Å². The molecule has 3 aromatic rings. The topological polar surface area (TPSA) is 86.0 Å². The van der Waals surface area contributed by atoms with Gasteiger partial charge in [0.05, 0.1) is 18.3 Å². The number of aryl methyl sites for hydroxylation is 1. The van der Waals surface area contributed by atoms with Crippen molar-refractivity contribution in [1.29, 1.82) is 0 Å². The van der Waals surface area contributed by atoms with Crippen LogP contribution in [0.5, 0.6) is 0 Å². The summed E-state index contributed by atoms with van der Waals surface area (Å²) in [5.74, 6) is 0.00302. The third-order valence-corrected chi connectivity index (χ3v) is 5.05. The van der Waals surface area contributed by atoms with Gasteiger partial charge in [0, 0.05) is 40.6 Å². The fourth-order valence-electron chi connectivity index (χ4n) is 2.73. The van der Waals surface area contributed by atoms with Crippen LogP contribution >= 0.6 is 35.4 Å². The second kappa shape index (κ2) is 10.1. The molecule has 164 valence electrons. The third-order valence-electron chi connectivity index (χ3n) is 4.13. The minimum atomic E-state index is -0.520. The molecule has 0 fully saturated rings. The van der Waals surface area contributed by atoms with E-state index in [-0.39, 0.29) is 16.9 Å². The van der Waals surface area contributed by atoms with E-state index in [0.29, 0.717) is 34.6 Å². The molecule has 0 aliphatic heterocycles. The summed E-state index contributed by atoms with van der Waals surface area (Å²) in [5, 5.41) is 16.1. The number of halogens is 2. The molecule has 0 saturated carbocycles. The van der Waals surface area contributed by atoms with Gasteiger partial charge in [0.2, 0.25) is 0 Å². The Balaban J connectivity index is 1.68. The summed E-state index contributed by atoms with van der Waals surface area (Å²) in [6.07, 6.45) is 3.22. The Morgan fingerprint density at radius 3 is 2.52 bits per heavy atom. The average molecular weight is 481 g/mol. The number of thiocarbonyl (C=S) groups is 1. The number of ether oxygens (including phenoxy) is 1. The average Bonchev–Trinajstić information content (AvgIpc) is 3.31. The number of rotatable bonds is 7. The molecule has 0 unspecified atom stereocenters. The van der Waals surface area contributed by atoms with E-state index in [1.165, 1.54) is 0 Å². The molecule has 0 aliphatic carbocycles. The molecular formula is C20H22Cl2N6O2S. The number of benzene rings is 1. The molecule has 0 saturated heterocycles. The van der Waals surface area contributed by atoms with Crippen molar-refractivity contribution < 1.29 is 9.53 Å². The zero-order valence-electron chi connectivity index (χ0n) is 17.2. The first-order valence-electron chi connectivity index (χ1n) is 9.59. The van der Waals surface area contributed by atoms with E-state index in [1.807, 2.05) is 6.92 Å². The summed E-state index contributed by atoms with van der Waals surface area (Å²) < 4.78 is 8.58. The summed E-state index contributed by atoms with van der Waals surface area (Å²) in [6.45, 7) is 6.48. The fraction of sp³-hybridized carbons (Fsp3) is 0.300. The lowest BCUT2D eigenvalue weighted by molar-refractivity contribution is 0.0371. The number of aromatic nitrogens is 4. The number of carbonyl (C=O) groups is 1. The lowest BCUT2D eigenvalue weighted by Gasteiger charge is -2.10. The lowest BCUT2D eigenvalue weighted by atomic mass is 10.2. The van der Waals surface area contributed by atoms with Gasteiger partial charge in [-0.2, -0.15) is 10.2 Å². The molecule has 31 heavy (non-hydrogen) atoms. The van der Waals surface area contributed by atoms with Gasteiger partial charge < -0.3 is 15.4 Å². The zero-order chi connectivity index (χ0) is 22.5. The molecule has 2 N–H and O–H groups in total. The highest BCUT2D eigenvalue weighted by molar-refractivity contribution is 7.80. The molecule has 2 aromatic heterocycles. The van der Waals surface area contributed by atoms with Crippen LogP contribution in [0.3, 0.4) is 0 Å². The number of anilines is 2. The minimum Gasteiger partial charge on any atom is -0.458 e. The SMILES string of the molecule is CCn1cc(NC(=S)Nc2ccn(Cc3c(Cl)cccc3Cl)n2)c(C(=O)OC(C)C)n1. The van der Waals surface area contributed by atoms with Crippen LogP contribution in [-0.2, 0) is 17.8 Å². The van der Waals surface area contributed by atoms with Gasteiger partial charge in [-0.25, -0.2) is 4.79 Å². The molecule has 11 heteroatoms. The predicted octanol–water partition coefficient (Wildman–Crippen LogP) is 4.83. The summed E-state index contributed by atoms with van der Waals surface area (Å²) in [7, 11) is 0. The van der Waals surface area contributed by atoms with E-state index in [2.05, 4.69) is 20.8 Å². The van der Waals surface area contributed by atoms with Crippen molar-refractivity contribution >= 4 is 58.0 Å². The Morgan fingerprint density at radius 2 is 1.87 bits per heavy atom. The Hall–Kier alpha value is -2.62. The monoisotopic (exact) mass is 480 g/mol. The standard InChI is InChI=1S/C20H22Cl2N6O2S/c1-4-27-11-16(18(26-27)19(29)30-12(2)3)23-20(31)24-17-8-9-28(25-17)10-13-14(21)6-5-7-15(13)22/h5-9,11-12H,4,10H2,1-3H3,(H2,23,24,25,31). The largest absolute Gasteiger partial charge is 0.458 e. The van der Waals surface area contributed by atoms with E-state index in [1.54, 1.807) is 59.9 Å². The number of esters is 1. The van der Waals surface area contributed by atoms with Crippen molar-refractivity contribution in [1.82, 2.24) is 19.6 Å². The molecular weight excluding hydrogens is 459 g/mol. The van der Waals surface area contributed by atoms with Gasteiger partial charge in [0.1, 0.15) is 0 Å². The minimum absolute atomic E-state index is 0.165. The van der Waals surface area contributed by atoms with Gasteiger partial charge in [0.15, 0.2) is 16.6 Å². The van der Waals surface area contributed by atoms with Crippen molar-refractivity contribution in [2.45, 2.75) is 40.0 Å². The van der Waals surface area contributed by atoms with Crippen molar-refractivity contribution in [3.8, 4) is 0 Å². The number of hydrogen-bond donors (Lipinski definition) is 2. The normalized spacial score (nSPS) is 10.9. The van der Waals surface area contributed by atoms with Crippen LogP contribution in [0.1, 0.15) is 36.8 Å². The molecule has 3 rings (SSSR count). The van der Waals surface area contributed by atoms with Gasteiger partial charge in [0.25, 0.3) is 0 Å². The second-order valence-corrected chi connectivity index (χ2v) is 8.10. The lowest BCUT2D eigenvalue weighted by Crippen LogP contribution is -2.21. The molecule has 0 radical (unpaired) electrons. The first kappa shape index (κ1) is 23.1. The van der Waals surface area contributed by atoms with E-state index in [4.69, 9.17) is 40.2 Å². The Labute approximate surface area is 195 Å². The van der Waals surface area contributed by atoms with E-state index >= 15 is 0 Å². The number of nitrogens with one attached hydrogen (secondary N) is 2. The predicted molar refractivity (Wildman–Crippen MR) is 126 cm³/mol. The van der Waals surface area contributed by atoms with Gasteiger partial charge >= 0.3 is 5.97 Å². The Morgan fingerprint density at radius 1 is 1.16 bits per heavy atom. The van der Waals surface area contributed by atoms with E-state index in [0.717, 1.165) is 5.56 Å². The molecule has 0 spiro atoms. The van der Waals surface area contributed by atoms with Gasteiger partial charge in [-0.3, -0.25) is 9.36 Å². The first-order valence-corrected chi connectivity index (χ1v) is 10.8. The van der Waals surface area contributed by atoms with Gasteiger partial charge in [-0.1, -0.05) is 29.3 Å². The van der Waals surface area contributed by atoms with E-state index < -0.39 is 5.97 Å². The summed E-state index contributed by atoms with van der Waals surface area (Å²) in [5.41, 5.74) is 1.40. The van der Waals surface area contributed by atoms with Crippen LogP contribution in [0.2, 0.25) is 10.0 Å². The maximum Gasteiger partial charge on any atom is 0.361 e.